The van der Waals surface area contributed by atoms with E-state index in [1.807, 2.05) is 18.7 Å². The minimum absolute atomic E-state index is 0.0708. The monoisotopic (exact) mass is 388 g/mol. The Balaban J connectivity index is 0.000000300. The molecule has 7 nitrogen and oxygen atoms in total. The van der Waals surface area contributed by atoms with Crippen LogP contribution >= 0.6 is 0 Å². The Morgan fingerprint density at radius 2 is 1.54 bits per heavy atom. The Morgan fingerprint density at radius 1 is 0.964 bits per heavy atom. The molecule has 0 radical (unpaired) electrons. The van der Waals surface area contributed by atoms with Gasteiger partial charge in [0.2, 0.25) is 5.91 Å². The summed E-state index contributed by atoms with van der Waals surface area (Å²) in [4.78, 5) is 33.5. The number of carboxylic acids is 2. The number of nitrogens with one attached hydrogen (secondary N) is 1. The van der Waals surface area contributed by atoms with Crippen molar-refractivity contribution < 1.29 is 24.6 Å². The molecule has 0 atom stereocenters. The van der Waals surface area contributed by atoms with Crippen molar-refractivity contribution in [2.75, 3.05) is 24.5 Å². The largest absolute Gasteiger partial charge is 0.478 e. The number of aliphatic carboxylic acids is 2. The predicted octanol–water partition coefficient (Wildman–Crippen LogP) is 2.02. The first-order valence-corrected chi connectivity index (χ1v) is 9.60. The smallest absolute Gasteiger partial charge is 0.328 e. The summed E-state index contributed by atoms with van der Waals surface area (Å²) < 4.78 is 0. The molecule has 28 heavy (non-hydrogen) atoms. The Bertz CT molecular complexity index is 754. The lowest BCUT2D eigenvalue weighted by atomic mass is 9.93. The molecule has 7 heteroatoms. The maximum Gasteiger partial charge on any atom is 0.328 e. The minimum atomic E-state index is -1.26. The number of aryl methyl sites for hydroxylation is 1. The number of carbonyl (C=O) groups excluding carboxylic acids is 1. The number of benzene rings is 1. The molecule has 0 unspecified atom stereocenters. The van der Waals surface area contributed by atoms with Gasteiger partial charge in [-0.3, -0.25) is 4.79 Å². The molecule has 2 aliphatic rings. The van der Waals surface area contributed by atoms with Gasteiger partial charge in [0.05, 0.1) is 0 Å². The van der Waals surface area contributed by atoms with Crippen molar-refractivity contribution in [3.05, 3.63) is 41.0 Å². The molecule has 2 heterocycles. The maximum absolute atomic E-state index is 12.4. The van der Waals surface area contributed by atoms with Crippen LogP contribution in [0.3, 0.4) is 0 Å². The van der Waals surface area contributed by atoms with Gasteiger partial charge in [0.15, 0.2) is 0 Å². The molecule has 3 N–H and O–H groups in total. The number of anilines is 1. The first-order valence-electron chi connectivity index (χ1n) is 9.60. The fourth-order valence-electron chi connectivity index (χ4n) is 3.45. The predicted molar refractivity (Wildman–Crippen MR) is 107 cm³/mol. The van der Waals surface area contributed by atoms with Gasteiger partial charge in [0, 0.05) is 30.3 Å². The number of carbonyl (C=O) groups is 3. The number of carboxylic acid groups (broad SMARTS) is 2. The van der Waals surface area contributed by atoms with Crippen LogP contribution in [0.25, 0.3) is 0 Å². The molecule has 0 fully saturated rings. The van der Waals surface area contributed by atoms with E-state index in [1.54, 1.807) is 0 Å². The summed E-state index contributed by atoms with van der Waals surface area (Å²) in [6.45, 7) is 6.97. The molecule has 3 rings (SSSR count). The molecule has 1 aromatic carbocycles. The number of rotatable bonds is 3. The van der Waals surface area contributed by atoms with Crippen molar-refractivity contribution in [2.24, 2.45) is 5.92 Å². The fourth-order valence-corrected chi connectivity index (χ4v) is 3.45. The fraction of sp³-hybridized carbons (Fsp3) is 0.476. The molecule has 152 valence electrons. The van der Waals surface area contributed by atoms with Gasteiger partial charge in [-0.25, -0.2) is 9.59 Å². The van der Waals surface area contributed by atoms with E-state index < -0.39 is 11.9 Å². The van der Waals surface area contributed by atoms with E-state index in [1.165, 1.54) is 22.4 Å². The van der Waals surface area contributed by atoms with E-state index in [9.17, 15) is 14.4 Å². The van der Waals surface area contributed by atoms with E-state index in [-0.39, 0.29) is 11.8 Å². The average molecular weight is 388 g/mol. The van der Waals surface area contributed by atoms with Crippen molar-refractivity contribution in [3.63, 3.8) is 0 Å². The highest BCUT2D eigenvalue weighted by Gasteiger charge is 2.25. The van der Waals surface area contributed by atoms with Gasteiger partial charge in [-0.15, -0.1) is 0 Å². The van der Waals surface area contributed by atoms with E-state index in [0.717, 1.165) is 45.3 Å². The third-order valence-electron chi connectivity index (χ3n) is 4.79. The summed E-state index contributed by atoms with van der Waals surface area (Å²) in [5.41, 5.74) is 5.45. The minimum Gasteiger partial charge on any atom is -0.478 e. The van der Waals surface area contributed by atoms with E-state index >= 15 is 0 Å². The molecule has 0 aromatic heterocycles. The topological polar surface area (TPSA) is 107 Å². The first-order chi connectivity index (χ1) is 13.3. The standard InChI is InChI=1S/C17H24N2O.C4H4O4/c1-12(2)17(20)19-9-3-4-15-10-13-5-7-18-8-6-14(13)11-16(15)19;5-3(6)1-2-4(7)8/h10-12,18H,3-9H2,1-2H3;1-2H,(H,5,6)(H,7,8)/b;2-1+. The van der Waals surface area contributed by atoms with Crippen molar-refractivity contribution in [1.29, 1.82) is 0 Å². The van der Waals surface area contributed by atoms with Gasteiger partial charge < -0.3 is 20.4 Å². The highest BCUT2D eigenvalue weighted by molar-refractivity contribution is 5.96. The molecule has 0 saturated heterocycles. The average Bonchev–Trinajstić information content (AvgIpc) is 2.88. The van der Waals surface area contributed by atoms with E-state index in [0.29, 0.717) is 12.2 Å². The number of hydrogen-bond acceptors (Lipinski definition) is 4. The van der Waals surface area contributed by atoms with Crippen molar-refractivity contribution >= 4 is 23.5 Å². The van der Waals surface area contributed by atoms with Crippen molar-refractivity contribution in [2.45, 2.75) is 39.5 Å². The van der Waals surface area contributed by atoms with Crippen LogP contribution in [0, 0.1) is 5.92 Å². The lowest BCUT2D eigenvalue weighted by Crippen LogP contribution is -2.38. The number of amides is 1. The van der Waals surface area contributed by atoms with Gasteiger partial charge in [-0.05, 0) is 61.5 Å². The van der Waals surface area contributed by atoms with Crippen LogP contribution in [0.4, 0.5) is 5.69 Å². The Hall–Kier alpha value is -2.67. The van der Waals surface area contributed by atoms with Crippen molar-refractivity contribution in [3.8, 4) is 0 Å². The lowest BCUT2D eigenvalue weighted by Gasteiger charge is -2.32. The lowest BCUT2D eigenvalue weighted by molar-refractivity contribution is -0.134. The van der Waals surface area contributed by atoms with Gasteiger partial charge in [-0.2, -0.15) is 0 Å². The zero-order valence-corrected chi connectivity index (χ0v) is 16.4. The Kier molecular flexibility index (Phi) is 7.75. The van der Waals surface area contributed by atoms with Crippen LogP contribution in [-0.4, -0.2) is 47.7 Å². The molecular formula is C21H28N2O5. The highest BCUT2D eigenvalue weighted by atomic mass is 16.4. The maximum atomic E-state index is 12.4. The van der Waals surface area contributed by atoms with Gasteiger partial charge >= 0.3 is 11.9 Å². The highest BCUT2D eigenvalue weighted by Crippen LogP contribution is 2.32. The molecule has 0 saturated carbocycles. The van der Waals surface area contributed by atoms with E-state index in [4.69, 9.17) is 10.2 Å². The van der Waals surface area contributed by atoms with Crippen LogP contribution < -0.4 is 10.2 Å². The van der Waals surface area contributed by atoms with Gasteiger partial charge in [0.1, 0.15) is 0 Å². The number of fused-ring (bicyclic) bond motifs is 2. The second-order valence-corrected chi connectivity index (χ2v) is 7.26. The summed E-state index contributed by atoms with van der Waals surface area (Å²) in [5.74, 6) is -2.18. The molecule has 1 amide bonds. The van der Waals surface area contributed by atoms with E-state index in [2.05, 4.69) is 17.4 Å². The summed E-state index contributed by atoms with van der Waals surface area (Å²) in [7, 11) is 0. The van der Waals surface area contributed by atoms with Gasteiger partial charge in [-0.1, -0.05) is 19.9 Å². The van der Waals surface area contributed by atoms with Crippen LogP contribution in [-0.2, 0) is 33.6 Å². The molecular weight excluding hydrogens is 360 g/mol. The molecule has 0 aliphatic carbocycles. The Morgan fingerprint density at radius 3 is 2.07 bits per heavy atom. The van der Waals surface area contributed by atoms with Gasteiger partial charge in [0.25, 0.3) is 0 Å². The molecule has 1 aromatic rings. The molecule has 0 bridgehead atoms. The molecule has 2 aliphatic heterocycles. The summed E-state index contributed by atoms with van der Waals surface area (Å²) >= 11 is 0. The number of hydrogen-bond donors (Lipinski definition) is 3. The SMILES string of the molecule is CC(C)C(=O)N1CCCc2cc3c(cc21)CCNCC3.O=C(O)/C=C/C(=O)O. The van der Waals surface area contributed by atoms with Crippen molar-refractivity contribution in [1.82, 2.24) is 5.32 Å². The van der Waals surface area contributed by atoms with Crippen LogP contribution in [0.5, 0.6) is 0 Å². The second-order valence-electron chi connectivity index (χ2n) is 7.26. The van der Waals surface area contributed by atoms with Crippen LogP contribution in [0.2, 0.25) is 0 Å². The first kappa shape index (κ1) is 21.6. The number of nitrogens with zero attached hydrogens (tertiary/aromatic N) is 1. The molecule has 0 spiro atoms. The summed E-state index contributed by atoms with van der Waals surface area (Å²) in [5, 5.41) is 19.1. The second kappa shape index (κ2) is 10.0. The zero-order valence-electron chi connectivity index (χ0n) is 16.4. The summed E-state index contributed by atoms with van der Waals surface area (Å²) in [6, 6.07) is 4.65. The summed E-state index contributed by atoms with van der Waals surface area (Å²) in [6.07, 6.45) is 5.50. The third-order valence-corrected chi connectivity index (χ3v) is 4.79. The third kappa shape index (κ3) is 5.92. The van der Waals surface area contributed by atoms with Crippen LogP contribution in [0.1, 0.15) is 37.0 Å². The normalized spacial score (nSPS) is 15.9. The Labute approximate surface area is 165 Å². The quantitative estimate of drug-likeness (QED) is 0.684. The van der Waals surface area contributed by atoms with Crippen LogP contribution in [0.15, 0.2) is 24.3 Å². The zero-order chi connectivity index (χ0) is 20.7.